The molecule has 0 saturated carbocycles. The van der Waals surface area contributed by atoms with Crippen molar-refractivity contribution >= 4 is 29.1 Å². The molecule has 7 nitrogen and oxygen atoms in total. The van der Waals surface area contributed by atoms with Crippen LogP contribution in [0, 0.1) is 0 Å². The van der Waals surface area contributed by atoms with Gasteiger partial charge in [0.2, 0.25) is 5.91 Å². The number of carbonyl (C=O) groups is 3. The lowest BCUT2D eigenvalue weighted by molar-refractivity contribution is -0.895. The minimum atomic E-state index is -0.237. The van der Waals surface area contributed by atoms with Crippen molar-refractivity contribution in [2.75, 3.05) is 42.9 Å². The maximum absolute atomic E-state index is 12.5. The van der Waals surface area contributed by atoms with Gasteiger partial charge in [-0.25, -0.2) is 0 Å². The third kappa shape index (κ3) is 5.92. The third-order valence-corrected chi connectivity index (χ3v) is 5.68. The largest absolute Gasteiger partial charge is 0.346 e. The summed E-state index contributed by atoms with van der Waals surface area (Å²) >= 11 is 0. The SMILES string of the molecule is CC[NH+](CC)CCNC(=O)c1ccc(NC(=O)c2ccc(N3CCCC3=O)cc2)cc1. The molecule has 0 radical (unpaired) electrons. The van der Waals surface area contributed by atoms with Crippen LogP contribution in [-0.2, 0) is 4.79 Å². The van der Waals surface area contributed by atoms with Crippen molar-refractivity contribution in [2.24, 2.45) is 0 Å². The molecule has 0 bridgehead atoms. The number of rotatable bonds is 9. The zero-order valence-electron chi connectivity index (χ0n) is 18.2. The summed E-state index contributed by atoms with van der Waals surface area (Å²) in [5.41, 5.74) is 2.51. The van der Waals surface area contributed by atoms with Crippen molar-refractivity contribution in [1.82, 2.24) is 5.32 Å². The molecule has 2 aromatic rings. The molecule has 3 N–H and O–H groups in total. The number of carbonyl (C=O) groups excluding carboxylic acids is 3. The molecule has 164 valence electrons. The van der Waals surface area contributed by atoms with Crippen LogP contribution in [-0.4, -0.2) is 50.4 Å². The maximum Gasteiger partial charge on any atom is 0.255 e. The molecule has 0 atom stereocenters. The average Bonchev–Trinajstić information content (AvgIpc) is 3.23. The van der Waals surface area contributed by atoms with Crippen molar-refractivity contribution in [3.05, 3.63) is 59.7 Å². The minimum Gasteiger partial charge on any atom is -0.346 e. The minimum absolute atomic E-state index is 0.114. The normalized spacial score (nSPS) is 13.5. The summed E-state index contributed by atoms with van der Waals surface area (Å²) in [5.74, 6) is -0.231. The number of nitrogens with one attached hydrogen (secondary N) is 3. The van der Waals surface area contributed by atoms with E-state index in [2.05, 4.69) is 24.5 Å². The number of benzene rings is 2. The second kappa shape index (κ2) is 10.7. The Morgan fingerprint density at radius 1 is 0.935 bits per heavy atom. The lowest BCUT2D eigenvalue weighted by Gasteiger charge is -2.16. The first-order chi connectivity index (χ1) is 15.0. The van der Waals surface area contributed by atoms with E-state index in [-0.39, 0.29) is 17.7 Å². The van der Waals surface area contributed by atoms with E-state index in [1.54, 1.807) is 53.4 Å². The third-order valence-electron chi connectivity index (χ3n) is 5.68. The second-order valence-corrected chi connectivity index (χ2v) is 7.69. The lowest BCUT2D eigenvalue weighted by atomic mass is 10.1. The van der Waals surface area contributed by atoms with E-state index in [0.29, 0.717) is 29.8 Å². The fourth-order valence-electron chi connectivity index (χ4n) is 3.68. The van der Waals surface area contributed by atoms with Crippen LogP contribution in [0.2, 0.25) is 0 Å². The van der Waals surface area contributed by atoms with Crippen LogP contribution in [0.4, 0.5) is 11.4 Å². The molecule has 0 aliphatic carbocycles. The van der Waals surface area contributed by atoms with Crippen molar-refractivity contribution in [3.8, 4) is 0 Å². The van der Waals surface area contributed by atoms with Crippen molar-refractivity contribution < 1.29 is 19.3 Å². The van der Waals surface area contributed by atoms with Gasteiger partial charge in [-0.2, -0.15) is 0 Å². The number of hydrogen-bond acceptors (Lipinski definition) is 3. The molecule has 2 aromatic carbocycles. The van der Waals surface area contributed by atoms with E-state index < -0.39 is 0 Å². The molecule has 1 fully saturated rings. The first-order valence-electron chi connectivity index (χ1n) is 11.0. The van der Waals surface area contributed by atoms with Gasteiger partial charge in [-0.1, -0.05) is 0 Å². The zero-order valence-corrected chi connectivity index (χ0v) is 18.2. The monoisotopic (exact) mass is 423 g/mol. The highest BCUT2D eigenvalue weighted by atomic mass is 16.2. The fourth-order valence-corrected chi connectivity index (χ4v) is 3.68. The molecule has 1 aliphatic rings. The summed E-state index contributed by atoms with van der Waals surface area (Å²) in [6.45, 7) is 8.61. The Balaban J connectivity index is 1.52. The van der Waals surface area contributed by atoms with Gasteiger partial charge in [-0.3, -0.25) is 14.4 Å². The topological polar surface area (TPSA) is 82.9 Å². The average molecular weight is 424 g/mol. The van der Waals surface area contributed by atoms with E-state index in [1.807, 2.05) is 0 Å². The van der Waals surface area contributed by atoms with Gasteiger partial charge in [-0.15, -0.1) is 0 Å². The number of nitrogens with zero attached hydrogens (tertiary/aromatic N) is 1. The number of anilines is 2. The first-order valence-corrected chi connectivity index (χ1v) is 11.0. The zero-order chi connectivity index (χ0) is 22.2. The van der Waals surface area contributed by atoms with E-state index in [1.165, 1.54) is 4.90 Å². The van der Waals surface area contributed by atoms with Crippen LogP contribution in [0.5, 0.6) is 0 Å². The molecule has 1 aliphatic heterocycles. The van der Waals surface area contributed by atoms with Crippen LogP contribution in [0.25, 0.3) is 0 Å². The van der Waals surface area contributed by atoms with E-state index in [9.17, 15) is 14.4 Å². The number of amides is 3. The smallest absolute Gasteiger partial charge is 0.255 e. The summed E-state index contributed by atoms with van der Waals surface area (Å²) in [4.78, 5) is 39.8. The molecule has 0 aromatic heterocycles. The summed E-state index contributed by atoms with van der Waals surface area (Å²) in [6, 6.07) is 13.9. The lowest BCUT2D eigenvalue weighted by Crippen LogP contribution is -3.12. The van der Waals surface area contributed by atoms with Crippen LogP contribution in [0.15, 0.2) is 48.5 Å². The van der Waals surface area contributed by atoms with Gasteiger partial charge in [0, 0.05) is 35.5 Å². The fraction of sp³-hybridized carbons (Fsp3) is 0.375. The summed E-state index contributed by atoms with van der Waals surface area (Å²) in [6.07, 6.45) is 1.44. The van der Waals surface area contributed by atoms with Crippen LogP contribution in [0.1, 0.15) is 47.4 Å². The molecule has 0 unspecified atom stereocenters. The van der Waals surface area contributed by atoms with Gasteiger partial charge in [-0.05, 0) is 68.8 Å². The van der Waals surface area contributed by atoms with Gasteiger partial charge in [0.05, 0.1) is 26.2 Å². The van der Waals surface area contributed by atoms with Gasteiger partial charge in [0.25, 0.3) is 11.8 Å². The quantitative estimate of drug-likeness (QED) is 0.574. The summed E-state index contributed by atoms with van der Waals surface area (Å²) in [7, 11) is 0. The maximum atomic E-state index is 12.5. The summed E-state index contributed by atoms with van der Waals surface area (Å²) in [5, 5.41) is 5.78. The highest BCUT2D eigenvalue weighted by Gasteiger charge is 2.21. The second-order valence-electron chi connectivity index (χ2n) is 7.69. The van der Waals surface area contributed by atoms with E-state index in [0.717, 1.165) is 38.3 Å². The molecule has 0 spiro atoms. The Labute approximate surface area is 183 Å². The van der Waals surface area contributed by atoms with Crippen molar-refractivity contribution in [3.63, 3.8) is 0 Å². The van der Waals surface area contributed by atoms with Gasteiger partial charge < -0.3 is 20.4 Å². The molecule has 1 heterocycles. The van der Waals surface area contributed by atoms with Crippen LogP contribution < -0.4 is 20.4 Å². The van der Waals surface area contributed by atoms with Crippen LogP contribution in [0.3, 0.4) is 0 Å². The molecule has 7 heteroatoms. The van der Waals surface area contributed by atoms with Crippen molar-refractivity contribution in [1.29, 1.82) is 0 Å². The Morgan fingerprint density at radius 2 is 1.55 bits per heavy atom. The highest BCUT2D eigenvalue weighted by molar-refractivity contribution is 6.05. The van der Waals surface area contributed by atoms with Gasteiger partial charge in [0.15, 0.2) is 0 Å². The number of quaternary nitrogens is 1. The standard InChI is InChI=1S/C24H30N4O3/c1-3-27(4-2)17-15-25-23(30)18-7-11-20(12-8-18)26-24(31)19-9-13-21(14-10-19)28-16-5-6-22(28)29/h7-14H,3-6,15-17H2,1-2H3,(H,25,30)(H,26,31)/p+1. The predicted octanol–water partition coefficient (Wildman–Crippen LogP) is 1.72. The van der Waals surface area contributed by atoms with Crippen molar-refractivity contribution in [2.45, 2.75) is 26.7 Å². The Morgan fingerprint density at radius 3 is 2.13 bits per heavy atom. The number of likely N-dealkylation sites (N-methyl/N-ethyl adjacent to an activating group) is 1. The Hall–Kier alpha value is -3.19. The first kappa shape index (κ1) is 22.5. The van der Waals surface area contributed by atoms with E-state index >= 15 is 0 Å². The molecular weight excluding hydrogens is 392 g/mol. The molecule has 3 amide bonds. The molecule has 3 rings (SSSR count). The molecular formula is C24H31N4O3+. The van der Waals surface area contributed by atoms with E-state index in [4.69, 9.17) is 0 Å². The van der Waals surface area contributed by atoms with Gasteiger partial charge in [0.1, 0.15) is 0 Å². The molecule has 31 heavy (non-hydrogen) atoms. The Bertz CT molecular complexity index is 905. The highest BCUT2D eigenvalue weighted by Crippen LogP contribution is 2.22. The predicted molar refractivity (Wildman–Crippen MR) is 122 cm³/mol. The van der Waals surface area contributed by atoms with Crippen LogP contribution >= 0.6 is 0 Å². The van der Waals surface area contributed by atoms with Gasteiger partial charge >= 0.3 is 0 Å². The number of hydrogen-bond donors (Lipinski definition) is 3. The molecule has 1 saturated heterocycles. The summed E-state index contributed by atoms with van der Waals surface area (Å²) < 4.78 is 0. The Kier molecular flexibility index (Phi) is 7.78.